The molecule has 2 rings (SSSR count). The number of aliphatic carboxylic acids is 1. The molecule has 0 aliphatic rings. The Kier molecular flexibility index (Phi) is 23.9. The van der Waals surface area contributed by atoms with Crippen molar-refractivity contribution in [3.05, 3.63) is 65.7 Å². The fourth-order valence-electron chi connectivity index (χ4n) is 5.76. The maximum Gasteiger partial charge on any atom is 0.327 e. The second-order valence-corrected chi connectivity index (χ2v) is 15.0. The topological polar surface area (TPSA) is 396 Å². The molecule has 2 aromatic rings. The molecule has 0 aliphatic carbocycles. The van der Waals surface area contributed by atoms with Crippen molar-refractivity contribution in [1.82, 2.24) is 31.9 Å². The van der Waals surface area contributed by atoms with Gasteiger partial charge in [0, 0.05) is 44.4 Å². The van der Waals surface area contributed by atoms with Gasteiger partial charge in [-0.25, -0.2) is 4.79 Å². The summed E-state index contributed by atoms with van der Waals surface area (Å²) in [5, 5.41) is 34.7. The van der Waals surface area contributed by atoms with Gasteiger partial charge in [0.25, 0.3) is 0 Å². The highest BCUT2D eigenvalue weighted by Gasteiger charge is 2.34. The number of carbonyl (C=O) groups is 7. The van der Waals surface area contributed by atoms with Crippen LogP contribution in [0.25, 0.3) is 0 Å². The van der Waals surface area contributed by atoms with Crippen molar-refractivity contribution in [2.75, 3.05) is 38.2 Å². The fourth-order valence-corrected chi connectivity index (χ4v) is 6.17. The Morgan fingerprint density at radius 2 is 1.19 bits per heavy atom. The minimum Gasteiger partial charge on any atom is -0.508 e. The number of aromatic hydroxyl groups is 1. The zero-order chi connectivity index (χ0) is 47.8. The van der Waals surface area contributed by atoms with E-state index in [-0.39, 0.29) is 74.4 Å². The molecule has 0 aromatic heterocycles. The van der Waals surface area contributed by atoms with E-state index < -0.39 is 90.3 Å². The first-order valence-corrected chi connectivity index (χ1v) is 21.1. The normalized spacial score (nSPS) is 14.1. The van der Waals surface area contributed by atoms with Gasteiger partial charge in [-0.1, -0.05) is 42.5 Å². The number of phenolic OH excluding ortho intramolecular Hbond substituents is 1. The molecular weight excluding hydrogens is 875 g/mol. The molecule has 0 spiro atoms. The van der Waals surface area contributed by atoms with Crippen LogP contribution in [0.4, 0.5) is 0 Å². The number of rotatable bonds is 28. The summed E-state index contributed by atoms with van der Waals surface area (Å²) in [6, 6.07) is 6.17. The SMILES string of the molecule is COC(CN=C(N)N)C[C@H](NC(=O)[C@@H](Cc1ccc(O)cc1)NC(=O)[C@H](CCCN=C(N)N)NC(=O)CNC(=O)[C@@H](N)CS)C(=O)N[C@@H](Cc1ccccc1)C(=O)N[C@@H](CS)C(=O)O. The lowest BCUT2D eigenvalue weighted by Crippen LogP contribution is -2.60. The second-order valence-electron chi connectivity index (χ2n) is 14.3. The van der Waals surface area contributed by atoms with Gasteiger partial charge < -0.3 is 75.5 Å². The Hall–Kier alpha value is -6.31. The smallest absolute Gasteiger partial charge is 0.327 e. The predicted molar refractivity (Wildman–Crippen MR) is 244 cm³/mol. The van der Waals surface area contributed by atoms with Crippen LogP contribution >= 0.6 is 25.3 Å². The van der Waals surface area contributed by atoms with Crippen molar-refractivity contribution in [2.24, 2.45) is 38.7 Å². The number of guanidine groups is 2. The van der Waals surface area contributed by atoms with Crippen molar-refractivity contribution < 1.29 is 48.5 Å². The monoisotopic (exact) mass is 933 g/mol. The predicted octanol–water partition coefficient (Wildman–Crippen LogP) is -4.28. The van der Waals surface area contributed by atoms with Gasteiger partial charge in [-0.15, -0.1) is 0 Å². The number of amides is 6. The number of methoxy groups -OCH3 is 1. The number of nitrogens with two attached hydrogens (primary N) is 5. The van der Waals surface area contributed by atoms with Gasteiger partial charge in [0.2, 0.25) is 35.4 Å². The van der Waals surface area contributed by atoms with Crippen LogP contribution in [-0.4, -0.2) is 144 Å². The number of ether oxygens (including phenoxy) is 1. The Balaban J connectivity index is 2.56. The quantitative estimate of drug-likeness (QED) is 0.0166. The largest absolute Gasteiger partial charge is 0.508 e. The molecule has 0 aliphatic heterocycles. The van der Waals surface area contributed by atoms with Gasteiger partial charge in [-0.05, 0) is 36.1 Å². The number of nitrogens with one attached hydrogen (secondary N) is 6. The van der Waals surface area contributed by atoms with Crippen LogP contribution in [0, 0.1) is 0 Å². The Labute approximate surface area is 380 Å². The lowest BCUT2D eigenvalue weighted by Gasteiger charge is -2.28. The minimum atomic E-state index is -1.51. The zero-order valence-corrected chi connectivity index (χ0v) is 36.9. The third kappa shape index (κ3) is 20.3. The van der Waals surface area contributed by atoms with E-state index in [2.05, 4.69) is 67.1 Å². The second kappa shape index (κ2) is 28.4. The molecule has 7 atom stereocenters. The first kappa shape index (κ1) is 53.8. The maximum atomic E-state index is 14.4. The molecule has 0 bridgehead atoms. The number of hydrogen-bond donors (Lipinski definition) is 15. The van der Waals surface area contributed by atoms with E-state index in [4.69, 9.17) is 33.4 Å². The molecule has 0 saturated heterocycles. The average Bonchev–Trinajstić information content (AvgIpc) is 3.26. The fraction of sp³-hybridized carbons (Fsp3) is 0.462. The van der Waals surface area contributed by atoms with E-state index in [1.165, 1.54) is 31.4 Å². The Morgan fingerprint density at radius 1 is 0.672 bits per heavy atom. The molecule has 0 heterocycles. The summed E-state index contributed by atoms with van der Waals surface area (Å²) in [5.41, 5.74) is 28.7. The van der Waals surface area contributed by atoms with Crippen LogP contribution < -0.4 is 60.6 Å². The number of aliphatic imine (C=N–C) groups is 2. The summed E-state index contributed by atoms with van der Waals surface area (Å²) in [7, 11) is 1.31. The number of nitrogens with zero attached hydrogens (tertiary/aromatic N) is 2. The highest BCUT2D eigenvalue weighted by Crippen LogP contribution is 2.14. The van der Waals surface area contributed by atoms with E-state index in [1.54, 1.807) is 30.3 Å². The van der Waals surface area contributed by atoms with Gasteiger partial charge in [-0.3, -0.25) is 38.8 Å². The van der Waals surface area contributed by atoms with Crippen molar-refractivity contribution in [1.29, 1.82) is 0 Å². The van der Waals surface area contributed by atoms with Gasteiger partial charge in [-0.2, -0.15) is 25.3 Å². The van der Waals surface area contributed by atoms with Gasteiger partial charge in [0.05, 0.1) is 25.2 Å². The molecule has 0 saturated carbocycles. The van der Waals surface area contributed by atoms with Gasteiger partial charge in [0.1, 0.15) is 36.0 Å². The number of hydrogen-bond acceptors (Lipinski definition) is 14. The summed E-state index contributed by atoms with van der Waals surface area (Å²) < 4.78 is 5.52. The molecule has 25 heteroatoms. The summed E-state index contributed by atoms with van der Waals surface area (Å²) in [5.74, 6) is -7.17. The van der Waals surface area contributed by atoms with Crippen molar-refractivity contribution in [3.8, 4) is 5.75 Å². The molecule has 1 unspecified atom stereocenters. The molecule has 23 nitrogen and oxygen atoms in total. The van der Waals surface area contributed by atoms with Crippen LogP contribution in [0.5, 0.6) is 5.75 Å². The molecule has 0 fully saturated rings. The van der Waals surface area contributed by atoms with E-state index in [0.29, 0.717) is 11.1 Å². The van der Waals surface area contributed by atoms with E-state index in [1.807, 2.05) is 0 Å². The van der Waals surface area contributed by atoms with Crippen LogP contribution in [0.3, 0.4) is 0 Å². The summed E-state index contributed by atoms with van der Waals surface area (Å²) >= 11 is 7.99. The molecule has 18 N–H and O–H groups in total. The Bertz CT molecular complexity index is 1920. The van der Waals surface area contributed by atoms with Crippen molar-refractivity contribution in [3.63, 3.8) is 0 Å². The van der Waals surface area contributed by atoms with Gasteiger partial charge in [0.15, 0.2) is 11.9 Å². The first-order chi connectivity index (χ1) is 30.4. The minimum absolute atomic E-state index is 0.00585. The summed E-state index contributed by atoms with van der Waals surface area (Å²) in [6.07, 6.45) is -1.36. The van der Waals surface area contributed by atoms with Crippen LogP contribution in [0.1, 0.15) is 30.4 Å². The molecule has 64 heavy (non-hydrogen) atoms. The molecule has 352 valence electrons. The van der Waals surface area contributed by atoms with Crippen LogP contribution in [0.2, 0.25) is 0 Å². The molecular formula is C39H59N13O10S2. The Morgan fingerprint density at radius 3 is 1.70 bits per heavy atom. The third-order valence-electron chi connectivity index (χ3n) is 9.22. The highest BCUT2D eigenvalue weighted by atomic mass is 32.1. The lowest BCUT2D eigenvalue weighted by atomic mass is 10.0. The molecule has 6 amide bonds. The number of phenols is 1. The summed E-state index contributed by atoms with van der Waals surface area (Å²) in [6.45, 7) is -0.647. The number of carbonyl (C=O) groups excluding carboxylic acids is 6. The summed E-state index contributed by atoms with van der Waals surface area (Å²) in [4.78, 5) is 101. The van der Waals surface area contributed by atoms with Crippen molar-refractivity contribution in [2.45, 2.75) is 74.5 Å². The van der Waals surface area contributed by atoms with Crippen LogP contribution in [0.15, 0.2) is 64.6 Å². The number of thiol groups is 2. The third-order valence-corrected chi connectivity index (χ3v) is 9.98. The lowest BCUT2D eigenvalue weighted by molar-refractivity contribution is -0.141. The number of carboxylic acids is 1. The molecule has 2 aromatic carbocycles. The van der Waals surface area contributed by atoms with E-state index in [0.717, 1.165) is 0 Å². The maximum absolute atomic E-state index is 14.4. The van der Waals surface area contributed by atoms with E-state index in [9.17, 15) is 43.8 Å². The van der Waals surface area contributed by atoms with E-state index >= 15 is 0 Å². The first-order valence-electron chi connectivity index (χ1n) is 19.8. The zero-order valence-electron chi connectivity index (χ0n) is 35.1. The number of carboxylic acid groups (broad SMARTS) is 1. The highest BCUT2D eigenvalue weighted by molar-refractivity contribution is 7.80. The van der Waals surface area contributed by atoms with Gasteiger partial charge >= 0.3 is 5.97 Å². The number of benzene rings is 2. The molecule has 0 radical (unpaired) electrons. The average molecular weight is 934 g/mol. The van der Waals surface area contributed by atoms with Crippen LogP contribution in [-0.2, 0) is 51.1 Å². The van der Waals surface area contributed by atoms with Crippen molar-refractivity contribution >= 4 is 78.6 Å². The standard InChI is InChI=1S/C39H59N13O10S2/c1-62-24(17-47-39(43)44)16-29(36(59)50-27(14-21-6-3-2-4-7-21)35(58)52-30(20-64)37(60)61)51-34(57)28(15-22-9-11-23(53)12-10-22)49-33(56)26(8-5-13-45-38(41)42)48-31(54)18-46-32(55)25(40)19-63/h2-4,6-7,9-12,24-30,53,63-64H,5,8,13-20,40H2,1H3,(H,46,55)(H,48,54)(H,49,56)(H,50,59)(H,51,57)(H,52,58)(H,60,61)(H4,41,42,45)(H4,43,44,47)/t24?,25-,26-,27-,28+,29-,30-/m0/s1.